The lowest BCUT2D eigenvalue weighted by Crippen LogP contribution is -2.26. The maximum absolute atomic E-state index is 10.6. The molecular weight excluding hydrogens is 150 g/mol. The van der Waals surface area contributed by atoms with Gasteiger partial charge in [0.05, 0.1) is 14.2 Å². The summed E-state index contributed by atoms with van der Waals surface area (Å²) in [5.74, 6) is -0.699. The van der Waals surface area contributed by atoms with Gasteiger partial charge in [0.25, 0.3) is 0 Å². The van der Waals surface area contributed by atoms with Gasteiger partial charge in [-0.05, 0) is 0 Å². The summed E-state index contributed by atoms with van der Waals surface area (Å²) in [4.78, 5) is 21.0. The van der Waals surface area contributed by atoms with Crippen molar-refractivity contribution in [2.75, 3.05) is 14.2 Å². The van der Waals surface area contributed by atoms with Gasteiger partial charge >= 0.3 is 12.1 Å². The van der Waals surface area contributed by atoms with Crippen molar-refractivity contribution >= 4 is 12.1 Å². The van der Waals surface area contributed by atoms with Crippen LogP contribution in [0.15, 0.2) is 12.3 Å². The van der Waals surface area contributed by atoms with Gasteiger partial charge in [-0.15, -0.1) is 0 Å². The van der Waals surface area contributed by atoms with E-state index < -0.39 is 12.1 Å². The van der Waals surface area contributed by atoms with E-state index >= 15 is 0 Å². The molecule has 0 aliphatic heterocycles. The quantitative estimate of drug-likeness (QED) is 0.456. The molecule has 0 saturated carbocycles. The molecule has 0 rings (SSSR count). The van der Waals surface area contributed by atoms with Gasteiger partial charge in [-0.25, -0.2) is 9.59 Å². The van der Waals surface area contributed by atoms with E-state index in [1.807, 2.05) is 0 Å². The molecule has 0 bridgehead atoms. The fourth-order valence-corrected chi connectivity index (χ4v) is 0.348. The highest BCUT2D eigenvalue weighted by Crippen LogP contribution is 1.88. The number of esters is 1. The second kappa shape index (κ2) is 4.32. The molecule has 0 aromatic carbocycles. The van der Waals surface area contributed by atoms with Crippen LogP contribution in [0.2, 0.25) is 0 Å². The summed E-state index contributed by atoms with van der Waals surface area (Å²) in [6.45, 7) is 3.23. The summed E-state index contributed by atoms with van der Waals surface area (Å²) in [6, 6.07) is 0. The lowest BCUT2D eigenvalue weighted by Gasteiger charge is -2.03. The highest BCUT2D eigenvalue weighted by molar-refractivity contribution is 5.91. The number of methoxy groups -OCH3 is 2. The van der Waals surface area contributed by atoms with Gasteiger partial charge in [-0.3, -0.25) is 5.32 Å². The SMILES string of the molecule is C=C(NC(=O)OC)C(=O)OC. The first kappa shape index (κ1) is 9.48. The number of rotatable bonds is 2. The Morgan fingerprint density at radius 2 is 1.82 bits per heavy atom. The van der Waals surface area contributed by atoms with E-state index in [4.69, 9.17) is 0 Å². The third-order valence-corrected chi connectivity index (χ3v) is 0.870. The Morgan fingerprint density at radius 1 is 1.27 bits per heavy atom. The lowest BCUT2D eigenvalue weighted by molar-refractivity contribution is -0.136. The first-order valence-corrected chi connectivity index (χ1v) is 2.74. The number of hydrogen-bond acceptors (Lipinski definition) is 4. The van der Waals surface area contributed by atoms with E-state index in [1.165, 1.54) is 14.2 Å². The topological polar surface area (TPSA) is 64.6 Å². The van der Waals surface area contributed by atoms with Crippen LogP contribution in [-0.2, 0) is 14.3 Å². The molecule has 0 saturated heterocycles. The second-order valence-electron chi connectivity index (χ2n) is 1.59. The van der Waals surface area contributed by atoms with Gasteiger partial charge in [-0.2, -0.15) is 0 Å². The van der Waals surface area contributed by atoms with E-state index in [1.54, 1.807) is 0 Å². The van der Waals surface area contributed by atoms with E-state index in [9.17, 15) is 9.59 Å². The number of carbonyl (C=O) groups is 2. The van der Waals surface area contributed by atoms with Gasteiger partial charge in [0.15, 0.2) is 0 Å². The molecule has 0 spiro atoms. The number of carbonyl (C=O) groups excluding carboxylic acids is 2. The molecule has 0 aliphatic carbocycles. The van der Waals surface area contributed by atoms with Gasteiger partial charge < -0.3 is 9.47 Å². The highest BCUT2D eigenvalue weighted by atomic mass is 16.5. The van der Waals surface area contributed by atoms with Crippen molar-refractivity contribution in [2.45, 2.75) is 0 Å². The van der Waals surface area contributed by atoms with E-state index in [0.717, 1.165) is 0 Å². The van der Waals surface area contributed by atoms with Crippen molar-refractivity contribution in [3.8, 4) is 0 Å². The minimum absolute atomic E-state index is 0.153. The molecule has 62 valence electrons. The van der Waals surface area contributed by atoms with Crippen LogP contribution >= 0.6 is 0 Å². The molecule has 0 radical (unpaired) electrons. The molecule has 1 N–H and O–H groups in total. The smallest absolute Gasteiger partial charge is 0.411 e. The maximum atomic E-state index is 10.6. The zero-order valence-electron chi connectivity index (χ0n) is 6.34. The Balaban J connectivity index is 3.88. The molecule has 0 atom stereocenters. The first-order valence-electron chi connectivity index (χ1n) is 2.74. The Hall–Kier alpha value is -1.52. The van der Waals surface area contributed by atoms with E-state index in [-0.39, 0.29) is 5.70 Å². The second-order valence-corrected chi connectivity index (χ2v) is 1.59. The zero-order chi connectivity index (χ0) is 8.85. The predicted molar refractivity (Wildman–Crippen MR) is 36.7 cm³/mol. The molecule has 0 fully saturated rings. The van der Waals surface area contributed by atoms with Crippen LogP contribution in [0, 0.1) is 0 Å². The molecule has 0 aromatic rings. The highest BCUT2D eigenvalue weighted by Gasteiger charge is 2.09. The molecular formula is C6H9NO4. The van der Waals surface area contributed by atoms with Gasteiger partial charge in [-0.1, -0.05) is 6.58 Å². The first-order chi connectivity index (χ1) is 5.11. The Morgan fingerprint density at radius 3 is 2.18 bits per heavy atom. The predicted octanol–water partition coefficient (Wildman–Crippen LogP) is 0.0291. The third-order valence-electron chi connectivity index (χ3n) is 0.870. The van der Waals surface area contributed by atoms with Crippen molar-refractivity contribution in [3.63, 3.8) is 0 Å². The number of nitrogens with one attached hydrogen (secondary N) is 1. The van der Waals surface area contributed by atoms with Gasteiger partial charge in [0.1, 0.15) is 5.70 Å². The van der Waals surface area contributed by atoms with E-state index in [0.29, 0.717) is 0 Å². The van der Waals surface area contributed by atoms with Crippen molar-refractivity contribution < 1.29 is 19.1 Å². The summed E-state index contributed by atoms with van der Waals surface area (Å²) >= 11 is 0. The average molecular weight is 159 g/mol. The Labute approximate surface area is 64.0 Å². The minimum Gasteiger partial charge on any atom is -0.464 e. The van der Waals surface area contributed by atoms with Crippen molar-refractivity contribution in [1.82, 2.24) is 5.32 Å². The zero-order valence-corrected chi connectivity index (χ0v) is 6.34. The molecule has 0 aliphatic rings. The van der Waals surface area contributed by atoms with Crippen LogP contribution in [0.1, 0.15) is 0 Å². The number of hydrogen-bond donors (Lipinski definition) is 1. The van der Waals surface area contributed by atoms with Gasteiger partial charge in [0.2, 0.25) is 0 Å². The fraction of sp³-hybridized carbons (Fsp3) is 0.333. The van der Waals surface area contributed by atoms with Crippen LogP contribution in [0.5, 0.6) is 0 Å². The molecule has 5 heteroatoms. The lowest BCUT2D eigenvalue weighted by atomic mass is 10.5. The van der Waals surface area contributed by atoms with Crippen molar-refractivity contribution in [1.29, 1.82) is 0 Å². The Bertz CT molecular complexity index is 187. The monoisotopic (exact) mass is 159 g/mol. The number of alkyl carbamates (subject to hydrolysis) is 1. The summed E-state index contributed by atoms with van der Waals surface area (Å²) in [7, 11) is 2.37. The van der Waals surface area contributed by atoms with Crippen LogP contribution in [0.3, 0.4) is 0 Å². The average Bonchev–Trinajstić information content (AvgIpc) is 2.02. The van der Waals surface area contributed by atoms with Gasteiger partial charge in [0, 0.05) is 0 Å². The van der Waals surface area contributed by atoms with Crippen molar-refractivity contribution in [3.05, 3.63) is 12.3 Å². The van der Waals surface area contributed by atoms with Crippen LogP contribution < -0.4 is 5.32 Å². The fourth-order valence-electron chi connectivity index (χ4n) is 0.348. The normalized spacial score (nSPS) is 8.18. The number of amides is 1. The molecule has 5 nitrogen and oxygen atoms in total. The standard InChI is InChI=1S/C6H9NO4/c1-4(5(8)10-2)7-6(9)11-3/h1H2,2-3H3,(H,7,9). The van der Waals surface area contributed by atoms with Crippen molar-refractivity contribution in [2.24, 2.45) is 0 Å². The molecule has 0 aromatic heterocycles. The molecule has 11 heavy (non-hydrogen) atoms. The van der Waals surface area contributed by atoms with E-state index in [2.05, 4.69) is 21.4 Å². The maximum Gasteiger partial charge on any atom is 0.411 e. The minimum atomic E-state index is -0.750. The summed E-state index contributed by atoms with van der Waals surface area (Å²) in [6.07, 6.45) is -0.750. The third kappa shape index (κ3) is 3.24. The largest absolute Gasteiger partial charge is 0.464 e. The van der Waals surface area contributed by atoms with Crippen LogP contribution in [0.4, 0.5) is 4.79 Å². The summed E-state index contributed by atoms with van der Waals surface area (Å²) in [5.41, 5.74) is -0.153. The molecule has 1 amide bonds. The summed E-state index contributed by atoms with van der Waals surface area (Å²) < 4.78 is 8.45. The summed E-state index contributed by atoms with van der Waals surface area (Å²) in [5, 5.41) is 2.05. The molecule has 0 unspecified atom stereocenters. The van der Waals surface area contributed by atoms with Crippen LogP contribution in [-0.4, -0.2) is 26.3 Å². The number of ether oxygens (including phenoxy) is 2. The molecule has 0 heterocycles. The Kier molecular flexibility index (Phi) is 3.72. The van der Waals surface area contributed by atoms with Crippen LogP contribution in [0.25, 0.3) is 0 Å².